The fraction of sp³-hybridized carbons (Fsp3) is 1.00. The van der Waals surface area contributed by atoms with Gasteiger partial charge < -0.3 is 10.1 Å². The first-order valence-corrected chi connectivity index (χ1v) is 8.33. The molecule has 0 saturated carbocycles. The van der Waals surface area contributed by atoms with Gasteiger partial charge in [-0.3, -0.25) is 4.90 Å². The molecule has 0 aromatic rings. The highest BCUT2D eigenvalue weighted by molar-refractivity contribution is 4.96. The minimum absolute atomic E-state index is 0.349. The molecule has 19 heavy (non-hydrogen) atoms. The first-order chi connectivity index (χ1) is 9.23. The average molecular weight is 268 g/mol. The molecule has 2 unspecified atom stereocenters. The van der Waals surface area contributed by atoms with E-state index in [4.69, 9.17) is 4.74 Å². The molecule has 112 valence electrons. The molecule has 0 spiro atoms. The van der Waals surface area contributed by atoms with Crippen molar-refractivity contribution in [3.8, 4) is 0 Å². The van der Waals surface area contributed by atoms with Crippen molar-refractivity contribution in [2.45, 2.75) is 77.0 Å². The number of hydrogen-bond donors (Lipinski definition) is 1. The summed E-state index contributed by atoms with van der Waals surface area (Å²) >= 11 is 0. The Hall–Kier alpha value is -0.120. The van der Waals surface area contributed by atoms with Gasteiger partial charge in [0.05, 0.1) is 6.10 Å². The smallest absolute Gasteiger partial charge is 0.0588 e. The van der Waals surface area contributed by atoms with Gasteiger partial charge in [-0.1, -0.05) is 20.8 Å². The Bertz CT molecular complexity index is 259. The highest BCUT2D eigenvalue weighted by Gasteiger charge is 2.36. The Morgan fingerprint density at radius 1 is 1.26 bits per heavy atom. The fourth-order valence-electron chi connectivity index (χ4n) is 3.61. The number of hydrogen-bond acceptors (Lipinski definition) is 3. The van der Waals surface area contributed by atoms with E-state index in [-0.39, 0.29) is 0 Å². The first-order valence-electron chi connectivity index (χ1n) is 8.33. The van der Waals surface area contributed by atoms with Crippen LogP contribution in [0.2, 0.25) is 0 Å². The zero-order chi connectivity index (χ0) is 13.7. The van der Waals surface area contributed by atoms with Crippen LogP contribution in [0.3, 0.4) is 0 Å². The van der Waals surface area contributed by atoms with Crippen LogP contribution >= 0.6 is 0 Å². The molecule has 0 radical (unpaired) electrons. The van der Waals surface area contributed by atoms with Gasteiger partial charge in [-0.25, -0.2) is 0 Å². The van der Waals surface area contributed by atoms with Gasteiger partial charge in [0.25, 0.3) is 0 Å². The van der Waals surface area contributed by atoms with E-state index in [1.54, 1.807) is 0 Å². The van der Waals surface area contributed by atoms with Gasteiger partial charge in [0.1, 0.15) is 0 Å². The van der Waals surface area contributed by atoms with E-state index in [1.807, 2.05) is 0 Å². The summed E-state index contributed by atoms with van der Waals surface area (Å²) in [4.78, 5) is 2.73. The van der Waals surface area contributed by atoms with Crippen molar-refractivity contribution in [2.75, 3.05) is 26.2 Å². The Balaban J connectivity index is 1.89. The molecule has 0 amide bonds. The Kier molecular flexibility index (Phi) is 5.67. The zero-order valence-corrected chi connectivity index (χ0v) is 13.1. The maximum Gasteiger partial charge on any atom is 0.0588 e. The summed E-state index contributed by atoms with van der Waals surface area (Å²) < 4.78 is 5.78. The molecule has 2 atom stereocenters. The Morgan fingerprint density at radius 2 is 2.05 bits per heavy atom. The molecular weight excluding hydrogens is 236 g/mol. The van der Waals surface area contributed by atoms with E-state index in [9.17, 15) is 0 Å². The summed E-state index contributed by atoms with van der Waals surface area (Å²) in [5, 5.41) is 3.82. The van der Waals surface area contributed by atoms with Gasteiger partial charge in [0, 0.05) is 37.8 Å². The van der Waals surface area contributed by atoms with Crippen LogP contribution in [0.25, 0.3) is 0 Å². The summed E-state index contributed by atoms with van der Waals surface area (Å²) in [6.07, 6.45) is 8.01. The molecule has 3 heteroatoms. The summed E-state index contributed by atoms with van der Waals surface area (Å²) in [6.45, 7) is 11.5. The summed E-state index contributed by atoms with van der Waals surface area (Å²) in [5.41, 5.74) is 0.349. The van der Waals surface area contributed by atoms with Crippen molar-refractivity contribution >= 4 is 0 Å². The Morgan fingerprint density at radius 3 is 2.63 bits per heavy atom. The largest absolute Gasteiger partial charge is 0.378 e. The third-order valence-electron chi connectivity index (χ3n) is 5.32. The second-order valence-electron chi connectivity index (χ2n) is 6.32. The normalized spacial score (nSPS) is 31.7. The topological polar surface area (TPSA) is 24.5 Å². The van der Waals surface area contributed by atoms with Crippen molar-refractivity contribution < 1.29 is 4.74 Å². The quantitative estimate of drug-likeness (QED) is 0.801. The van der Waals surface area contributed by atoms with Crippen molar-refractivity contribution in [3.63, 3.8) is 0 Å². The molecule has 2 aliphatic heterocycles. The maximum atomic E-state index is 5.78. The molecule has 2 aliphatic rings. The predicted octanol–water partition coefficient (Wildman–Crippen LogP) is 2.80. The lowest BCUT2D eigenvalue weighted by Crippen LogP contribution is -2.63. The van der Waals surface area contributed by atoms with Gasteiger partial charge in [0.15, 0.2) is 0 Å². The highest BCUT2D eigenvalue weighted by Crippen LogP contribution is 2.25. The van der Waals surface area contributed by atoms with Gasteiger partial charge >= 0.3 is 0 Å². The van der Waals surface area contributed by atoms with Gasteiger partial charge in [-0.15, -0.1) is 0 Å². The molecule has 1 N–H and O–H groups in total. The molecule has 0 aliphatic carbocycles. The number of nitrogens with one attached hydrogen (secondary N) is 1. The van der Waals surface area contributed by atoms with Crippen molar-refractivity contribution in [3.05, 3.63) is 0 Å². The monoisotopic (exact) mass is 268 g/mol. The molecule has 2 fully saturated rings. The van der Waals surface area contributed by atoms with E-state index in [1.165, 1.54) is 51.6 Å². The summed E-state index contributed by atoms with van der Waals surface area (Å²) in [7, 11) is 0. The maximum absolute atomic E-state index is 5.78. The lowest BCUT2D eigenvalue weighted by Gasteiger charge is -2.47. The van der Waals surface area contributed by atoms with E-state index in [0.29, 0.717) is 17.7 Å². The highest BCUT2D eigenvalue weighted by atomic mass is 16.5. The second kappa shape index (κ2) is 7.05. The van der Waals surface area contributed by atoms with Crippen LogP contribution < -0.4 is 5.32 Å². The molecule has 0 aromatic heterocycles. The van der Waals surface area contributed by atoms with Crippen LogP contribution in [0, 0.1) is 0 Å². The van der Waals surface area contributed by atoms with Crippen LogP contribution in [0.1, 0.15) is 59.3 Å². The molecule has 0 bridgehead atoms. The number of nitrogens with zero attached hydrogens (tertiary/aromatic N) is 1. The minimum atomic E-state index is 0.349. The van der Waals surface area contributed by atoms with Crippen molar-refractivity contribution in [1.82, 2.24) is 10.2 Å². The standard InChI is InChI=1S/C16H32N2O/c1-4-14-12-17-16(5-2,6-3)13-18(14)10-9-15-8-7-11-19-15/h14-15,17H,4-13H2,1-3H3. The zero-order valence-electron chi connectivity index (χ0n) is 13.1. The van der Waals surface area contributed by atoms with Crippen molar-refractivity contribution in [1.29, 1.82) is 0 Å². The predicted molar refractivity (Wildman–Crippen MR) is 80.6 cm³/mol. The van der Waals surface area contributed by atoms with Crippen LogP contribution in [0.4, 0.5) is 0 Å². The average Bonchev–Trinajstić information content (AvgIpc) is 2.98. The van der Waals surface area contributed by atoms with Crippen LogP contribution in [0.15, 0.2) is 0 Å². The fourth-order valence-corrected chi connectivity index (χ4v) is 3.61. The van der Waals surface area contributed by atoms with Gasteiger partial charge in [-0.2, -0.15) is 0 Å². The molecule has 2 rings (SSSR count). The summed E-state index contributed by atoms with van der Waals surface area (Å²) in [5.74, 6) is 0. The lowest BCUT2D eigenvalue weighted by atomic mass is 9.88. The Labute approximate surface area is 119 Å². The van der Waals surface area contributed by atoms with E-state index >= 15 is 0 Å². The molecule has 0 aromatic carbocycles. The van der Waals surface area contributed by atoms with Crippen LogP contribution in [-0.4, -0.2) is 48.8 Å². The van der Waals surface area contributed by atoms with E-state index in [0.717, 1.165) is 13.2 Å². The van der Waals surface area contributed by atoms with Crippen LogP contribution in [0.5, 0.6) is 0 Å². The summed E-state index contributed by atoms with van der Waals surface area (Å²) in [6, 6.07) is 0.715. The number of piperazine rings is 1. The minimum Gasteiger partial charge on any atom is -0.378 e. The van der Waals surface area contributed by atoms with Gasteiger partial charge in [-0.05, 0) is 38.5 Å². The van der Waals surface area contributed by atoms with Gasteiger partial charge in [0.2, 0.25) is 0 Å². The van der Waals surface area contributed by atoms with Crippen LogP contribution in [-0.2, 0) is 4.74 Å². The number of rotatable bonds is 6. The van der Waals surface area contributed by atoms with E-state index < -0.39 is 0 Å². The van der Waals surface area contributed by atoms with E-state index in [2.05, 4.69) is 31.0 Å². The molecule has 3 nitrogen and oxygen atoms in total. The first kappa shape index (κ1) is 15.3. The van der Waals surface area contributed by atoms with Crippen molar-refractivity contribution in [2.24, 2.45) is 0 Å². The molecule has 2 heterocycles. The second-order valence-corrected chi connectivity index (χ2v) is 6.32. The SMILES string of the molecule is CCC1CNC(CC)(CC)CN1CCC1CCCO1. The molecular formula is C16H32N2O. The lowest BCUT2D eigenvalue weighted by molar-refractivity contribution is 0.0449. The molecule has 2 saturated heterocycles. The third-order valence-corrected chi connectivity index (χ3v) is 5.32. The third kappa shape index (κ3) is 3.71. The number of ether oxygens (including phenoxy) is 1.